The third-order valence-electron chi connectivity index (χ3n) is 4.59. The van der Waals surface area contributed by atoms with Gasteiger partial charge in [-0.15, -0.1) is 12.4 Å². The first-order valence-corrected chi connectivity index (χ1v) is 8.78. The Hall–Kier alpha value is 0.0300. The number of amides is 1. The minimum Gasteiger partial charge on any atom is -0.336 e. The molecule has 0 radical (unpaired) electrons. The van der Waals surface area contributed by atoms with Crippen molar-refractivity contribution in [2.24, 2.45) is 5.92 Å². The highest BCUT2D eigenvalue weighted by Crippen LogP contribution is 2.26. The number of nitrogens with one attached hydrogen (secondary N) is 1. The van der Waals surface area contributed by atoms with Crippen LogP contribution in [0.4, 0.5) is 0 Å². The second-order valence-electron chi connectivity index (χ2n) is 6.05. The van der Waals surface area contributed by atoms with E-state index in [2.05, 4.69) is 26.9 Å². The Morgan fingerprint density at radius 1 is 1.30 bits per heavy atom. The summed E-state index contributed by atoms with van der Waals surface area (Å²) < 4.78 is 0. The van der Waals surface area contributed by atoms with Gasteiger partial charge in [0.1, 0.15) is 0 Å². The number of nitrogens with zero attached hydrogens (tertiary/aromatic N) is 2. The van der Waals surface area contributed by atoms with Crippen molar-refractivity contribution in [1.29, 1.82) is 0 Å². The van der Waals surface area contributed by atoms with Crippen LogP contribution in [-0.4, -0.2) is 72.5 Å². The van der Waals surface area contributed by atoms with Crippen LogP contribution in [0.25, 0.3) is 0 Å². The number of piperidine rings is 1. The minimum atomic E-state index is 0. The number of piperazine rings is 1. The molecular formula is C14H26ClN3OS. The smallest absolute Gasteiger partial charge is 0.236 e. The molecule has 3 rings (SSSR count). The van der Waals surface area contributed by atoms with Gasteiger partial charge in [0.25, 0.3) is 0 Å². The molecule has 3 heterocycles. The van der Waals surface area contributed by atoms with Crippen LogP contribution >= 0.6 is 24.2 Å². The average Bonchev–Trinajstić information content (AvgIpc) is 2.92. The normalized spacial score (nSPS) is 32.2. The van der Waals surface area contributed by atoms with Crippen LogP contribution in [0.15, 0.2) is 0 Å². The molecule has 3 aliphatic heterocycles. The SMILES string of the molecule is Cl.O=C1CNCCN1C1CCCN(CC2CCSC2)C1. The maximum atomic E-state index is 12.0. The van der Waals surface area contributed by atoms with E-state index in [4.69, 9.17) is 0 Å². The van der Waals surface area contributed by atoms with Crippen LogP contribution in [0.1, 0.15) is 19.3 Å². The van der Waals surface area contributed by atoms with Crippen molar-refractivity contribution in [2.75, 3.05) is 50.8 Å². The Labute approximate surface area is 132 Å². The van der Waals surface area contributed by atoms with Gasteiger partial charge in [0.05, 0.1) is 6.54 Å². The predicted octanol–water partition coefficient (Wildman–Crippen LogP) is 1.06. The lowest BCUT2D eigenvalue weighted by Gasteiger charge is -2.41. The van der Waals surface area contributed by atoms with Crippen LogP contribution in [0, 0.1) is 5.92 Å². The second-order valence-corrected chi connectivity index (χ2v) is 7.20. The monoisotopic (exact) mass is 319 g/mol. The van der Waals surface area contributed by atoms with Crippen LogP contribution in [0.5, 0.6) is 0 Å². The maximum Gasteiger partial charge on any atom is 0.236 e. The van der Waals surface area contributed by atoms with E-state index in [0.717, 1.165) is 25.6 Å². The molecule has 0 aromatic heterocycles. The number of hydrogen-bond donors (Lipinski definition) is 1. The quantitative estimate of drug-likeness (QED) is 0.844. The van der Waals surface area contributed by atoms with E-state index >= 15 is 0 Å². The summed E-state index contributed by atoms with van der Waals surface area (Å²) in [7, 11) is 0. The highest BCUT2D eigenvalue weighted by molar-refractivity contribution is 7.99. The molecule has 1 N–H and O–H groups in total. The van der Waals surface area contributed by atoms with Crippen molar-refractivity contribution in [3.63, 3.8) is 0 Å². The lowest BCUT2D eigenvalue weighted by atomic mass is 10.0. The van der Waals surface area contributed by atoms with Gasteiger partial charge in [-0.1, -0.05) is 0 Å². The van der Waals surface area contributed by atoms with Crippen LogP contribution in [0.2, 0.25) is 0 Å². The zero-order chi connectivity index (χ0) is 13.1. The molecule has 20 heavy (non-hydrogen) atoms. The highest BCUT2D eigenvalue weighted by Gasteiger charge is 2.31. The van der Waals surface area contributed by atoms with Crippen molar-refractivity contribution < 1.29 is 4.79 Å². The molecule has 3 saturated heterocycles. The fourth-order valence-corrected chi connectivity index (χ4v) is 4.82. The minimum absolute atomic E-state index is 0. The van der Waals surface area contributed by atoms with Gasteiger partial charge in [-0.25, -0.2) is 0 Å². The largest absolute Gasteiger partial charge is 0.336 e. The average molecular weight is 320 g/mol. The molecule has 2 unspecified atom stereocenters. The topological polar surface area (TPSA) is 35.6 Å². The van der Waals surface area contributed by atoms with E-state index in [1.54, 1.807) is 0 Å². The third kappa shape index (κ3) is 4.03. The molecule has 116 valence electrons. The van der Waals surface area contributed by atoms with E-state index in [-0.39, 0.29) is 12.4 Å². The van der Waals surface area contributed by atoms with Crippen molar-refractivity contribution in [2.45, 2.75) is 25.3 Å². The summed E-state index contributed by atoms with van der Waals surface area (Å²) in [5, 5.41) is 3.17. The fraction of sp³-hybridized carbons (Fsp3) is 0.929. The van der Waals surface area contributed by atoms with Crippen LogP contribution in [0.3, 0.4) is 0 Å². The summed E-state index contributed by atoms with van der Waals surface area (Å²) in [5.41, 5.74) is 0. The molecule has 0 bridgehead atoms. The van der Waals surface area contributed by atoms with E-state index in [1.165, 1.54) is 43.9 Å². The molecule has 2 atom stereocenters. The number of hydrogen-bond acceptors (Lipinski definition) is 4. The Morgan fingerprint density at radius 2 is 2.20 bits per heavy atom. The number of likely N-dealkylation sites (tertiary alicyclic amines) is 1. The predicted molar refractivity (Wildman–Crippen MR) is 86.7 cm³/mol. The molecule has 0 aromatic carbocycles. The number of rotatable bonds is 3. The van der Waals surface area contributed by atoms with Crippen molar-refractivity contribution >= 4 is 30.1 Å². The molecule has 0 saturated carbocycles. The summed E-state index contributed by atoms with van der Waals surface area (Å²) in [6.07, 6.45) is 3.84. The standard InChI is InChI=1S/C14H25N3OS.ClH/c18-14-8-15-4-6-17(14)13-2-1-5-16(10-13)9-12-3-7-19-11-12;/h12-13,15H,1-11H2;1H. The third-order valence-corrected chi connectivity index (χ3v) is 5.82. The van der Waals surface area contributed by atoms with Gasteiger partial charge in [-0.2, -0.15) is 11.8 Å². The summed E-state index contributed by atoms with van der Waals surface area (Å²) in [6.45, 7) is 5.99. The molecule has 0 aromatic rings. The molecule has 3 fully saturated rings. The van der Waals surface area contributed by atoms with Gasteiger partial charge < -0.3 is 15.1 Å². The second kappa shape index (κ2) is 7.87. The van der Waals surface area contributed by atoms with Crippen molar-refractivity contribution in [1.82, 2.24) is 15.1 Å². The Kier molecular flexibility index (Phi) is 6.46. The van der Waals surface area contributed by atoms with Crippen molar-refractivity contribution in [3.05, 3.63) is 0 Å². The molecule has 3 aliphatic rings. The molecule has 4 nitrogen and oxygen atoms in total. The number of thioether (sulfide) groups is 1. The van der Waals surface area contributed by atoms with Gasteiger partial charge in [0, 0.05) is 32.2 Å². The van der Waals surface area contributed by atoms with Crippen LogP contribution < -0.4 is 5.32 Å². The summed E-state index contributed by atoms with van der Waals surface area (Å²) in [5.74, 6) is 3.88. The first kappa shape index (κ1) is 16.4. The number of halogens is 1. The summed E-state index contributed by atoms with van der Waals surface area (Å²) in [4.78, 5) is 16.7. The fourth-order valence-electron chi connectivity index (χ4n) is 3.55. The number of carbonyl (C=O) groups is 1. The van der Waals surface area contributed by atoms with E-state index < -0.39 is 0 Å². The van der Waals surface area contributed by atoms with E-state index in [1.807, 2.05) is 0 Å². The van der Waals surface area contributed by atoms with Crippen molar-refractivity contribution in [3.8, 4) is 0 Å². The van der Waals surface area contributed by atoms with E-state index in [9.17, 15) is 4.79 Å². The lowest BCUT2D eigenvalue weighted by Crippen LogP contribution is -2.57. The van der Waals surface area contributed by atoms with Crippen LogP contribution in [-0.2, 0) is 4.79 Å². The molecule has 0 aliphatic carbocycles. The van der Waals surface area contributed by atoms with Gasteiger partial charge in [-0.05, 0) is 43.2 Å². The zero-order valence-electron chi connectivity index (χ0n) is 12.1. The first-order chi connectivity index (χ1) is 9.33. The van der Waals surface area contributed by atoms with Gasteiger partial charge in [0.15, 0.2) is 0 Å². The molecular weight excluding hydrogens is 294 g/mol. The molecule has 1 amide bonds. The van der Waals surface area contributed by atoms with Gasteiger partial charge in [0.2, 0.25) is 5.91 Å². The Balaban J connectivity index is 0.00000147. The van der Waals surface area contributed by atoms with Gasteiger partial charge >= 0.3 is 0 Å². The first-order valence-electron chi connectivity index (χ1n) is 7.63. The lowest BCUT2D eigenvalue weighted by molar-refractivity contribution is -0.135. The van der Waals surface area contributed by atoms with E-state index in [0.29, 0.717) is 18.5 Å². The summed E-state index contributed by atoms with van der Waals surface area (Å²) in [6, 6.07) is 0.470. The maximum absolute atomic E-state index is 12.0. The summed E-state index contributed by atoms with van der Waals surface area (Å²) >= 11 is 2.10. The number of carbonyl (C=O) groups excluding carboxylic acids is 1. The molecule has 6 heteroatoms. The Bertz CT molecular complexity index is 326. The molecule has 0 spiro atoms. The Morgan fingerprint density at radius 3 is 2.95 bits per heavy atom. The highest BCUT2D eigenvalue weighted by atomic mass is 35.5. The zero-order valence-corrected chi connectivity index (χ0v) is 13.7. The van der Waals surface area contributed by atoms with Gasteiger partial charge in [-0.3, -0.25) is 4.79 Å².